The molecule has 132 valence electrons. The van der Waals surface area contributed by atoms with Crippen LogP contribution < -0.4 is 16.0 Å². The van der Waals surface area contributed by atoms with E-state index in [1.807, 2.05) is 20.8 Å². The third kappa shape index (κ3) is 7.13. The van der Waals surface area contributed by atoms with Crippen molar-refractivity contribution in [3.8, 4) is 0 Å². The average molecular weight is 335 g/mol. The van der Waals surface area contributed by atoms with Crippen LogP contribution in [0.15, 0.2) is 24.3 Å². The summed E-state index contributed by atoms with van der Waals surface area (Å²) in [5, 5.41) is 16.6. The molecule has 0 saturated heterocycles. The maximum Gasteiger partial charge on any atom is 0.319 e. The number of carbonyl (C=O) groups is 3. The van der Waals surface area contributed by atoms with Gasteiger partial charge in [0.2, 0.25) is 0 Å². The molecule has 0 bridgehead atoms. The molecule has 0 spiro atoms. The number of anilines is 1. The quantitative estimate of drug-likeness (QED) is 0.548. The van der Waals surface area contributed by atoms with Gasteiger partial charge < -0.3 is 21.1 Å². The van der Waals surface area contributed by atoms with Crippen LogP contribution in [-0.2, 0) is 4.79 Å². The Morgan fingerprint density at radius 1 is 1.12 bits per heavy atom. The van der Waals surface area contributed by atoms with Gasteiger partial charge >= 0.3 is 12.0 Å². The molecule has 0 saturated carbocycles. The van der Waals surface area contributed by atoms with Crippen LogP contribution in [0, 0.1) is 0 Å². The average Bonchev–Trinajstić information content (AvgIpc) is 2.51. The predicted molar refractivity (Wildman–Crippen MR) is 92.2 cm³/mol. The Morgan fingerprint density at radius 3 is 2.29 bits per heavy atom. The van der Waals surface area contributed by atoms with Crippen LogP contribution in [0.2, 0.25) is 0 Å². The highest BCUT2D eigenvalue weighted by Crippen LogP contribution is 2.12. The molecule has 7 heteroatoms. The Kier molecular flexibility index (Phi) is 7.23. The van der Waals surface area contributed by atoms with Gasteiger partial charge in [-0.2, -0.15) is 0 Å². The normalized spacial score (nSPS) is 10.8. The lowest BCUT2D eigenvalue weighted by Gasteiger charge is -2.24. The first-order chi connectivity index (χ1) is 11.2. The molecule has 0 aliphatic carbocycles. The van der Waals surface area contributed by atoms with Gasteiger partial charge in [-0.1, -0.05) is 6.92 Å². The summed E-state index contributed by atoms with van der Waals surface area (Å²) in [5.74, 6) is -1.05. The Hall–Kier alpha value is -2.57. The van der Waals surface area contributed by atoms with E-state index in [1.54, 1.807) is 24.3 Å². The minimum Gasteiger partial charge on any atom is -0.481 e. The van der Waals surface area contributed by atoms with Crippen molar-refractivity contribution in [2.24, 2.45) is 0 Å². The summed E-state index contributed by atoms with van der Waals surface area (Å²) in [6.45, 7) is 6.19. The summed E-state index contributed by atoms with van der Waals surface area (Å²) in [4.78, 5) is 34.1. The van der Waals surface area contributed by atoms with Crippen LogP contribution in [0.3, 0.4) is 0 Å². The van der Waals surface area contributed by atoms with E-state index in [4.69, 9.17) is 5.11 Å². The first kappa shape index (κ1) is 19.5. The number of urea groups is 1. The predicted octanol–water partition coefficient (Wildman–Crippen LogP) is 2.59. The van der Waals surface area contributed by atoms with Crippen LogP contribution in [-0.4, -0.2) is 35.1 Å². The summed E-state index contributed by atoms with van der Waals surface area (Å²) in [5.41, 5.74) is 0.796. The van der Waals surface area contributed by atoms with Crippen LogP contribution in [0.5, 0.6) is 0 Å². The van der Waals surface area contributed by atoms with Crippen molar-refractivity contribution in [1.82, 2.24) is 10.6 Å². The molecule has 0 aromatic heterocycles. The second-order valence-electron chi connectivity index (χ2n) is 6.15. The molecule has 24 heavy (non-hydrogen) atoms. The molecular weight excluding hydrogens is 310 g/mol. The monoisotopic (exact) mass is 335 g/mol. The minimum atomic E-state index is -0.891. The highest BCUT2D eigenvalue weighted by molar-refractivity contribution is 5.95. The van der Waals surface area contributed by atoms with Gasteiger partial charge in [-0.25, -0.2) is 4.79 Å². The number of hydrogen-bond donors (Lipinski definition) is 4. The number of aliphatic carboxylic acids is 1. The van der Waals surface area contributed by atoms with Crippen LogP contribution in [0.1, 0.15) is 50.4 Å². The molecule has 0 aliphatic rings. The fourth-order valence-electron chi connectivity index (χ4n) is 1.79. The lowest BCUT2D eigenvalue weighted by atomic mass is 10.0. The van der Waals surface area contributed by atoms with Gasteiger partial charge in [0.25, 0.3) is 5.91 Å². The van der Waals surface area contributed by atoms with Gasteiger partial charge in [0, 0.05) is 29.8 Å². The third-order valence-corrected chi connectivity index (χ3v) is 3.59. The van der Waals surface area contributed by atoms with Crippen molar-refractivity contribution in [3.63, 3.8) is 0 Å². The van der Waals surface area contributed by atoms with E-state index >= 15 is 0 Å². The smallest absolute Gasteiger partial charge is 0.319 e. The largest absolute Gasteiger partial charge is 0.481 e. The molecule has 1 rings (SSSR count). The Morgan fingerprint density at radius 2 is 1.75 bits per heavy atom. The molecule has 1 aromatic carbocycles. The van der Waals surface area contributed by atoms with E-state index in [0.717, 1.165) is 6.42 Å². The molecule has 0 heterocycles. The lowest BCUT2D eigenvalue weighted by molar-refractivity contribution is -0.137. The number of carboxylic acids is 1. The first-order valence-electron chi connectivity index (χ1n) is 7.93. The molecule has 0 unspecified atom stereocenters. The zero-order chi connectivity index (χ0) is 18.2. The molecule has 0 fully saturated rings. The van der Waals surface area contributed by atoms with Crippen molar-refractivity contribution in [2.45, 2.75) is 45.6 Å². The minimum absolute atomic E-state index is 0.0121. The third-order valence-electron chi connectivity index (χ3n) is 3.59. The SMILES string of the molecule is CCC(C)(C)NC(=O)c1ccc(NC(=O)NCCCC(=O)O)cc1. The number of carboxylic acid groups (broad SMARTS) is 1. The zero-order valence-corrected chi connectivity index (χ0v) is 14.3. The Balaban J connectivity index is 2.48. The van der Waals surface area contributed by atoms with E-state index in [0.29, 0.717) is 17.7 Å². The molecule has 7 nitrogen and oxygen atoms in total. The van der Waals surface area contributed by atoms with Crippen LogP contribution in [0.4, 0.5) is 10.5 Å². The van der Waals surface area contributed by atoms with E-state index in [2.05, 4.69) is 16.0 Å². The zero-order valence-electron chi connectivity index (χ0n) is 14.3. The lowest BCUT2D eigenvalue weighted by Crippen LogP contribution is -2.42. The highest BCUT2D eigenvalue weighted by atomic mass is 16.4. The van der Waals surface area contributed by atoms with Gasteiger partial charge in [0.15, 0.2) is 0 Å². The highest BCUT2D eigenvalue weighted by Gasteiger charge is 2.18. The van der Waals surface area contributed by atoms with E-state index < -0.39 is 12.0 Å². The summed E-state index contributed by atoms with van der Waals surface area (Å²) in [6.07, 6.45) is 1.20. The fraction of sp³-hybridized carbons (Fsp3) is 0.471. The Labute approximate surface area is 141 Å². The molecule has 0 atom stereocenters. The van der Waals surface area contributed by atoms with Gasteiger partial charge in [-0.15, -0.1) is 0 Å². The number of amides is 3. The number of carbonyl (C=O) groups excluding carboxylic acids is 2. The van der Waals surface area contributed by atoms with Crippen LogP contribution in [0.25, 0.3) is 0 Å². The number of rotatable bonds is 8. The van der Waals surface area contributed by atoms with Crippen molar-refractivity contribution in [1.29, 1.82) is 0 Å². The van der Waals surface area contributed by atoms with Gasteiger partial charge in [-0.3, -0.25) is 9.59 Å². The van der Waals surface area contributed by atoms with Gasteiger partial charge in [0.1, 0.15) is 0 Å². The summed E-state index contributed by atoms with van der Waals surface area (Å²) in [7, 11) is 0. The van der Waals surface area contributed by atoms with Gasteiger partial charge in [0.05, 0.1) is 0 Å². The summed E-state index contributed by atoms with van der Waals surface area (Å²) in [6, 6.07) is 6.15. The first-order valence-corrected chi connectivity index (χ1v) is 7.93. The standard InChI is InChI=1S/C17H25N3O4/c1-4-17(2,3)20-15(23)12-7-9-13(10-8-12)19-16(24)18-11-5-6-14(21)22/h7-10H,4-6,11H2,1-3H3,(H,20,23)(H,21,22)(H2,18,19,24). The van der Waals surface area contributed by atoms with Crippen LogP contribution >= 0.6 is 0 Å². The number of benzene rings is 1. The molecule has 1 aromatic rings. The van der Waals surface area contributed by atoms with Crippen molar-refractivity contribution in [3.05, 3.63) is 29.8 Å². The second-order valence-corrected chi connectivity index (χ2v) is 6.15. The maximum absolute atomic E-state index is 12.1. The summed E-state index contributed by atoms with van der Waals surface area (Å²) >= 11 is 0. The van der Waals surface area contributed by atoms with Crippen molar-refractivity contribution < 1.29 is 19.5 Å². The van der Waals surface area contributed by atoms with E-state index in [1.165, 1.54) is 0 Å². The topological polar surface area (TPSA) is 108 Å². The van der Waals surface area contributed by atoms with E-state index in [-0.39, 0.29) is 24.4 Å². The number of nitrogens with one attached hydrogen (secondary N) is 3. The molecule has 4 N–H and O–H groups in total. The number of hydrogen-bond acceptors (Lipinski definition) is 3. The van der Waals surface area contributed by atoms with Crippen molar-refractivity contribution >= 4 is 23.6 Å². The maximum atomic E-state index is 12.1. The molecular formula is C17H25N3O4. The molecule has 0 radical (unpaired) electrons. The second kappa shape index (κ2) is 8.90. The molecule has 0 aliphatic heterocycles. The molecule has 3 amide bonds. The van der Waals surface area contributed by atoms with Crippen molar-refractivity contribution in [2.75, 3.05) is 11.9 Å². The summed E-state index contributed by atoms with van der Waals surface area (Å²) < 4.78 is 0. The van der Waals surface area contributed by atoms with E-state index in [9.17, 15) is 14.4 Å². The van der Waals surface area contributed by atoms with Gasteiger partial charge in [-0.05, 0) is 51.0 Å². The fourth-order valence-corrected chi connectivity index (χ4v) is 1.79. The Bertz CT molecular complexity index is 582.